The highest BCUT2D eigenvalue weighted by Crippen LogP contribution is 2.27. The topological polar surface area (TPSA) is 49.8 Å². The van der Waals surface area contributed by atoms with Gasteiger partial charge < -0.3 is 10.6 Å². The number of nitrogens with one attached hydrogen (secondary N) is 2. The Hall–Kier alpha value is -1.52. The van der Waals surface area contributed by atoms with Gasteiger partial charge in [0.15, 0.2) is 0 Å². The first-order valence-electron chi connectivity index (χ1n) is 6.33. The lowest BCUT2D eigenvalue weighted by Gasteiger charge is -2.10. The molecule has 0 unspecified atom stereocenters. The van der Waals surface area contributed by atoms with E-state index in [4.69, 9.17) is 23.2 Å². The van der Waals surface area contributed by atoms with Crippen LogP contribution in [0.5, 0.6) is 0 Å². The molecule has 0 aliphatic rings. The molecule has 1 aromatic heterocycles. The highest BCUT2D eigenvalue weighted by Gasteiger charge is 2.04. The van der Waals surface area contributed by atoms with Crippen molar-refractivity contribution in [3.63, 3.8) is 0 Å². The molecule has 106 valence electrons. The van der Waals surface area contributed by atoms with E-state index in [9.17, 15) is 0 Å². The SMILES string of the molecule is CC(C)CNc1nccc(Nc2cc(Cl)ccc2Cl)n1. The zero-order chi connectivity index (χ0) is 14.5. The van der Waals surface area contributed by atoms with Gasteiger partial charge in [0, 0.05) is 17.8 Å². The maximum atomic E-state index is 6.11. The van der Waals surface area contributed by atoms with Crippen LogP contribution >= 0.6 is 23.2 Å². The lowest BCUT2D eigenvalue weighted by molar-refractivity contribution is 0.684. The summed E-state index contributed by atoms with van der Waals surface area (Å²) in [7, 11) is 0. The smallest absolute Gasteiger partial charge is 0.224 e. The van der Waals surface area contributed by atoms with Crippen molar-refractivity contribution in [1.29, 1.82) is 0 Å². The van der Waals surface area contributed by atoms with Crippen LogP contribution < -0.4 is 10.6 Å². The highest BCUT2D eigenvalue weighted by atomic mass is 35.5. The van der Waals surface area contributed by atoms with E-state index >= 15 is 0 Å². The van der Waals surface area contributed by atoms with Crippen molar-refractivity contribution in [2.75, 3.05) is 17.2 Å². The van der Waals surface area contributed by atoms with Gasteiger partial charge in [-0.25, -0.2) is 4.98 Å². The Bertz CT molecular complexity index is 587. The molecule has 2 rings (SSSR count). The molecule has 0 saturated carbocycles. The van der Waals surface area contributed by atoms with Gasteiger partial charge in [0.2, 0.25) is 5.95 Å². The van der Waals surface area contributed by atoms with Gasteiger partial charge in [-0.2, -0.15) is 4.98 Å². The minimum Gasteiger partial charge on any atom is -0.354 e. The van der Waals surface area contributed by atoms with Crippen LogP contribution in [0.15, 0.2) is 30.5 Å². The van der Waals surface area contributed by atoms with Crippen molar-refractivity contribution < 1.29 is 0 Å². The molecule has 0 spiro atoms. The van der Waals surface area contributed by atoms with E-state index < -0.39 is 0 Å². The number of anilines is 3. The van der Waals surface area contributed by atoms with Crippen LogP contribution in [0.1, 0.15) is 13.8 Å². The summed E-state index contributed by atoms with van der Waals surface area (Å²) in [6.45, 7) is 5.07. The van der Waals surface area contributed by atoms with Crippen molar-refractivity contribution in [3.8, 4) is 0 Å². The molecule has 0 fully saturated rings. The van der Waals surface area contributed by atoms with E-state index in [2.05, 4.69) is 34.4 Å². The van der Waals surface area contributed by atoms with Gasteiger partial charge in [-0.05, 0) is 30.2 Å². The van der Waals surface area contributed by atoms with Crippen LogP contribution in [-0.2, 0) is 0 Å². The molecule has 2 N–H and O–H groups in total. The maximum absolute atomic E-state index is 6.11. The van der Waals surface area contributed by atoms with Gasteiger partial charge in [0.1, 0.15) is 5.82 Å². The summed E-state index contributed by atoms with van der Waals surface area (Å²) in [5.74, 6) is 1.77. The molecule has 1 heterocycles. The Morgan fingerprint density at radius 1 is 1.20 bits per heavy atom. The lowest BCUT2D eigenvalue weighted by Crippen LogP contribution is -2.11. The Balaban J connectivity index is 2.13. The van der Waals surface area contributed by atoms with Crippen LogP contribution in [-0.4, -0.2) is 16.5 Å². The average Bonchev–Trinajstić information content (AvgIpc) is 2.41. The molecule has 0 radical (unpaired) electrons. The Morgan fingerprint density at radius 3 is 2.75 bits per heavy atom. The van der Waals surface area contributed by atoms with Crippen LogP contribution in [0.3, 0.4) is 0 Å². The van der Waals surface area contributed by atoms with E-state index in [0.29, 0.717) is 33.4 Å². The molecule has 0 amide bonds. The van der Waals surface area contributed by atoms with Gasteiger partial charge in [0.25, 0.3) is 0 Å². The molecule has 1 aromatic carbocycles. The number of hydrogen-bond acceptors (Lipinski definition) is 4. The molecule has 4 nitrogen and oxygen atoms in total. The van der Waals surface area contributed by atoms with E-state index in [0.717, 1.165) is 6.54 Å². The van der Waals surface area contributed by atoms with Gasteiger partial charge in [-0.3, -0.25) is 0 Å². The third-order valence-corrected chi connectivity index (χ3v) is 3.08. The number of aromatic nitrogens is 2. The minimum absolute atomic E-state index is 0.526. The molecular weight excluding hydrogens is 295 g/mol. The predicted octanol–water partition coefficient (Wildman–Crippen LogP) is 4.59. The zero-order valence-electron chi connectivity index (χ0n) is 11.3. The first-order valence-corrected chi connectivity index (χ1v) is 7.09. The fourth-order valence-electron chi connectivity index (χ4n) is 1.54. The Labute approximate surface area is 128 Å². The Morgan fingerprint density at radius 2 is 2.00 bits per heavy atom. The predicted molar refractivity (Wildman–Crippen MR) is 85.1 cm³/mol. The van der Waals surface area contributed by atoms with Crippen molar-refractivity contribution in [2.24, 2.45) is 5.92 Å². The molecule has 6 heteroatoms. The summed E-state index contributed by atoms with van der Waals surface area (Å²) in [4.78, 5) is 8.55. The van der Waals surface area contributed by atoms with Gasteiger partial charge >= 0.3 is 0 Å². The molecule has 20 heavy (non-hydrogen) atoms. The van der Waals surface area contributed by atoms with E-state index in [-0.39, 0.29) is 0 Å². The third-order valence-electron chi connectivity index (χ3n) is 2.52. The first-order chi connectivity index (χ1) is 9.54. The summed E-state index contributed by atoms with van der Waals surface area (Å²) in [5, 5.41) is 7.51. The van der Waals surface area contributed by atoms with Crippen LogP contribution in [0.4, 0.5) is 17.5 Å². The summed E-state index contributed by atoms with van der Waals surface area (Å²) in [6, 6.07) is 7.01. The molecular formula is C14H16Cl2N4. The molecule has 0 aliphatic carbocycles. The van der Waals surface area contributed by atoms with Gasteiger partial charge in [0.05, 0.1) is 10.7 Å². The van der Waals surface area contributed by atoms with Gasteiger partial charge in [-0.15, -0.1) is 0 Å². The second-order valence-corrected chi connectivity index (χ2v) is 5.63. The number of halogens is 2. The molecule has 0 bridgehead atoms. The molecule has 0 saturated heterocycles. The van der Waals surface area contributed by atoms with Gasteiger partial charge in [-0.1, -0.05) is 37.0 Å². The van der Waals surface area contributed by atoms with E-state index in [1.54, 1.807) is 30.5 Å². The number of hydrogen-bond donors (Lipinski definition) is 2. The first kappa shape index (κ1) is 14.9. The molecule has 0 aliphatic heterocycles. The van der Waals surface area contributed by atoms with Crippen LogP contribution in [0, 0.1) is 5.92 Å². The number of rotatable bonds is 5. The summed E-state index contributed by atoms with van der Waals surface area (Å²) in [6.07, 6.45) is 1.69. The van der Waals surface area contributed by atoms with Crippen LogP contribution in [0.2, 0.25) is 10.0 Å². The third kappa shape index (κ3) is 4.25. The zero-order valence-corrected chi connectivity index (χ0v) is 12.8. The van der Waals surface area contributed by atoms with Crippen molar-refractivity contribution >= 4 is 40.7 Å². The highest BCUT2D eigenvalue weighted by molar-refractivity contribution is 6.35. The molecule has 0 atom stereocenters. The number of nitrogens with zero attached hydrogens (tertiary/aromatic N) is 2. The summed E-state index contributed by atoms with van der Waals surface area (Å²) < 4.78 is 0. The summed E-state index contributed by atoms with van der Waals surface area (Å²) in [5.41, 5.74) is 0.715. The standard InChI is InChI=1S/C14H16Cl2N4/c1-9(2)8-18-14-17-6-5-13(20-14)19-12-7-10(15)3-4-11(12)16/h3-7,9H,8H2,1-2H3,(H2,17,18,19,20). The fraction of sp³-hybridized carbons (Fsp3) is 0.286. The lowest BCUT2D eigenvalue weighted by atomic mass is 10.2. The second kappa shape index (κ2) is 6.77. The number of benzene rings is 1. The van der Waals surface area contributed by atoms with Crippen molar-refractivity contribution in [2.45, 2.75) is 13.8 Å². The fourth-order valence-corrected chi connectivity index (χ4v) is 1.88. The molecule has 2 aromatic rings. The van der Waals surface area contributed by atoms with E-state index in [1.807, 2.05) is 0 Å². The Kier molecular flexibility index (Phi) is 5.04. The minimum atomic E-state index is 0.526. The summed E-state index contributed by atoms with van der Waals surface area (Å²) >= 11 is 12.1. The average molecular weight is 311 g/mol. The second-order valence-electron chi connectivity index (χ2n) is 4.79. The van der Waals surface area contributed by atoms with Crippen LogP contribution in [0.25, 0.3) is 0 Å². The van der Waals surface area contributed by atoms with E-state index in [1.165, 1.54) is 0 Å². The quantitative estimate of drug-likeness (QED) is 0.847. The van der Waals surface area contributed by atoms with Crippen molar-refractivity contribution in [1.82, 2.24) is 9.97 Å². The normalized spacial score (nSPS) is 10.7. The van der Waals surface area contributed by atoms with Crippen molar-refractivity contribution in [3.05, 3.63) is 40.5 Å². The monoisotopic (exact) mass is 310 g/mol. The maximum Gasteiger partial charge on any atom is 0.224 e. The largest absolute Gasteiger partial charge is 0.354 e.